The molecule has 3 aromatic rings. The maximum Gasteiger partial charge on any atom is 0.347 e. The molecule has 1 saturated carbocycles. The number of benzene rings is 2. The van der Waals surface area contributed by atoms with E-state index in [0.29, 0.717) is 54.4 Å². The summed E-state index contributed by atoms with van der Waals surface area (Å²) in [5, 5.41) is 9.31. The van der Waals surface area contributed by atoms with E-state index < -0.39 is 27.9 Å². The number of carbonyl (C=O) groups excluding carboxylic acids is 1. The lowest BCUT2D eigenvalue weighted by Crippen LogP contribution is -2.31. The SMILES string of the molecule is Cc1ccc(Oc2cnc(OC(=O)C(OC3CCCOC3)c3ccc(S(=O)(=O)C4CC4)cc3)s2)cc1C(=O)O. The molecule has 10 nitrogen and oxygen atoms in total. The third-order valence-electron chi connectivity index (χ3n) is 6.44. The van der Waals surface area contributed by atoms with E-state index in [2.05, 4.69) is 4.98 Å². The summed E-state index contributed by atoms with van der Waals surface area (Å²) in [6.07, 6.45) is 2.74. The lowest BCUT2D eigenvalue weighted by atomic mass is 10.1. The zero-order valence-corrected chi connectivity index (χ0v) is 22.7. The van der Waals surface area contributed by atoms with Crippen molar-refractivity contribution < 1.29 is 42.1 Å². The first kappa shape index (κ1) is 27.3. The molecule has 1 saturated heterocycles. The molecule has 5 rings (SSSR count). The van der Waals surface area contributed by atoms with Crippen molar-refractivity contribution in [2.24, 2.45) is 0 Å². The Balaban J connectivity index is 1.31. The van der Waals surface area contributed by atoms with E-state index in [-0.39, 0.29) is 27.0 Å². The van der Waals surface area contributed by atoms with Gasteiger partial charge in [-0.1, -0.05) is 18.2 Å². The highest BCUT2D eigenvalue weighted by Crippen LogP contribution is 2.36. The second kappa shape index (κ2) is 11.4. The molecule has 2 aromatic carbocycles. The fraction of sp³-hybridized carbons (Fsp3) is 0.370. The largest absolute Gasteiger partial charge is 0.478 e. The fourth-order valence-corrected chi connectivity index (χ4v) is 6.48. The van der Waals surface area contributed by atoms with Gasteiger partial charge in [-0.15, -0.1) is 0 Å². The molecule has 2 fully saturated rings. The van der Waals surface area contributed by atoms with Gasteiger partial charge in [0.1, 0.15) is 5.75 Å². The van der Waals surface area contributed by atoms with E-state index in [0.717, 1.165) is 17.8 Å². The van der Waals surface area contributed by atoms with Crippen LogP contribution in [0.15, 0.2) is 53.6 Å². The lowest BCUT2D eigenvalue weighted by molar-refractivity contribution is -0.157. The molecule has 0 bridgehead atoms. The smallest absolute Gasteiger partial charge is 0.347 e. The van der Waals surface area contributed by atoms with Gasteiger partial charge >= 0.3 is 11.9 Å². The molecule has 0 amide bonds. The van der Waals surface area contributed by atoms with E-state index in [4.69, 9.17) is 18.9 Å². The Morgan fingerprint density at radius 1 is 1.13 bits per heavy atom. The first-order chi connectivity index (χ1) is 18.7. The summed E-state index contributed by atoms with van der Waals surface area (Å²) in [5.41, 5.74) is 1.17. The maximum absolute atomic E-state index is 13.3. The molecule has 1 aliphatic carbocycles. The van der Waals surface area contributed by atoms with Crippen molar-refractivity contribution in [1.82, 2.24) is 4.98 Å². The Morgan fingerprint density at radius 2 is 1.90 bits per heavy atom. The van der Waals surface area contributed by atoms with Gasteiger partial charge < -0.3 is 24.1 Å². The quantitative estimate of drug-likeness (QED) is 0.339. The molecule has 2 atom stereocenters. The predicted octanol–water partition coefficient (Wildman–Crippen LogP) is 4.72. The number of esters is 1. The molecule has 0 radical (unpaired) electrons. The fourth-order valence-electron chi connectivity index (χ4n) is 4.17. The molecule has 2 heterocycles. The number of hydrogen-bond donors (Lipinski definition) is 1. The number of aromatic carboxylic acids is 1. The van der Waals surface area contributed by atoms with Gasteiger partial charge in [0.2, 0.25) is 5.06 Å². The lowest BCUT2D eigenvalue weighted by Gasteiger charge is -2.26. The van der Waals surface area contributed by atoms with Gasteiger partial charge in [-0.25, -0.2) is 23.0 Å². The number of aryl methyl sites for hydroxylation is 1. The van der Waals surface area contributed by atoms with Crippen LogP contribution in [0.5, 0.6) is 16.0 Å². The van der Waals surface area contributed by atoms with Crippen molar-refractivity contribution in [3.05, 3.63) is 65.4 Å². The average molecular weight is 574 g/mol. The summed E-state index contributed by atoms with van der Waals surface area (Å²) < 4.78 is 48.0. The van der Waals surface area contributed by atoms with Gasteiger partial charge in [0.15, 0.2) is 15.9 Å². The Hall–Kier alpha value is -3.32. The number of carboxylic acid groups (broad SMARTS) is 1. The Kier molecular flexibility index (Phi) is 7.98. The average Bonchev–Trinajstić information content (AvgIpc) is 3.71. The van der Waals surface area contributed by atoms with Gasteiger partial charge in [0, 0.05) is 6.61 Å². The second-order valence-corrected chi connectivity index (χ2v) is 12.6. The van der Waals surface area contributed by atoms with Crippen LogP contribution in [0.4, 0.5) is 0 Å². The highest BCUT2D eigenvalue weighted by Gasteiger charge is 2.37. The number of thiazole rings is 1. The third-order valence-corrected chi connectivity index (χ3v) is 9.48. The van der Waals surface area contributed by atoms with Gasteiger partial charge in [0.05, 0.1) is 34.6 Å². The number of nitrogens with zero attached hydrogens (tertiary/aromatic N) is 1. The molecular formula is C27H27NO9S2. The van der Waals surface area contributed by atoms with Crippen LogP contribution < -0.4 is 9.47 Å². The van der Waals surface area contributed by atoms with Crippen LogP contribution in [0.25, 0.3) is 0 Å². The number of carbonyl (C=O) groups is 2. The van der Waals surface area contributed by atoms with E-state index in [1.54, 1.807) is 31.2 Å². The highest BCUT2D eigenvalue weighted by atomic mass is 32.2. The molecule has 1 aliphatic heterocycles. The number of carboxylic acids is 1. The Morgan fingerprint density at radius 3 is 2.56 bits per heavy atom. The van der Waals surface area contributed by atoms with Crippen molar-refractivity contribution in [2.75, 3.05) is 13.2 Å². The number of ether oxygens (including phenoxy) is 4. The van der Waals surface area contributed by atoms with E-state index in [1.807, 2.05) is 0 Å². The molecule has 39 heavy (non-hydrogen) atoms. The number of sulfone groups is 1. The van der Waals surface area contributed by atoms with Gasteiger partial charge in [0.25, 0.3) is 5.19 Å². The maximum atomic E-state index is 13.3. The Labute approximate surface area is 229 Å². The van der Waals surface area contributed by atoms with Gasteiger partial charge in [-0.05, 0) is 79.3 Å². The molecule has 1 aromatic heterocycles. The van der Waals surface area contributed by atoms with Crippen molar-refractivity contribution in [3.8, 4) is 16.0 Å². The first-order valence-corrected chi connectivity index (χ1v) is 14.8. The van der Waals surface area contributed by atoms with Crippen LogP contribution in [0.3, 0.4) is 0 Å². The minimum absolute atomic E-state index is 0.0157. The normalized spacial score (nSPS) is 18.3. The summed E-state index contributed by atoms with van der Waals surface area (Å²) in [4.78, 5) is 29.0. The number of rotatable bonds is 10. The topological polar surface area (TPSA) is 138 Å². The standard InChI is InChI=1S/C27H27NO9S2/c1-16-4-7-18(13-22(16)25(29)30)35-23-14-28-27(38-23)37-26(31)24(36-19-3-2-12-34-15-19)17-5-8-20(9-6-17)39(32,33)21-10-11-21/h4-9,13-14,19,21,24H,2-3,10-12,15H2,1H3,(H,29,30). The van der Waals surface area contributed by atoms with Crippen LogP contribution in [0.1, 0.15) is 53.3 Å². The van der Waals surface area contributed by atoms with Crippen LogP contribution in [-0.2, 0) is 24.1 Å². The molecular weight excluding hydrogens is 546 g/mol. The van der Waals surface area contributed by atoms with E-state index in [9.17, 15) is 23.1 Å². The minimum atomic E-state index is -3.37. The summed E-state index contributed by atoms with van der Waals surface area (Å²) in [6.45, 7) is 2.65. The molecule has 0 spiro atoms. The summed E-state index contributed by atoms with van der Waals surface area (Å²) in [5.74, 6) is -1.48. The van der Waals surface area contributed by atoms with E-state index in [1.165, 1.54) is 24.4 Å². The molecule has 2 unspecified atom stereocenters. The second-order valence-electron chi connectivity index (χ2n) is 9.42. The van der Waals surface area contributed by atoms with Crippen LogP contribution in [0, 0.1) is 6.92 Å². The summed E-state index contributed by atoms with van der Waals surface area (Å²) in [7, 11) is -3.37. The van der Waals surface area contributed by atoms with Crippen molar-refractivity contribution in [2.45, 2.75) is 55.0 Å². The van der Waals surface area contributed by atoms with Crippen molar-refractivity contribution >= 4 is 33.1 Å². The van der Waals surface area contributed by atoms with Crippen molar-refractivity contribution in [3.63, 3.8) is 0 Å². The van der Waals surface area contributed by atoms with Crippen molar-refractivity contribution in [1.29, 1.82) is 0 Å². The zero-order valence-electron chi connectivity index (χ0n) is 21.1. The first-order valence-electron chi connectivity index (χ1n) is 12.5. The molecule has 2 aliphatic rings. The molecule has 206 valence electrons. The number of aromatic nitrogens is 1. The summed E-state index contributed by atoms with van der Waals surface area (Å²) >= 11 is 0.966. The minimum Gasteiger partial charge on any atom is -0.478 e. The Bertz CT molecular complexity index is 1460. The van der Waals surface area contributed by atoms with E-state index >= 15 is 0 Å². The summed E-state index contributed by atoms with van der Waals surface area (Å²) in [6, 6.07) is 10.8. The highest BCUT2D eigenvalue weighted by molar-refractivity contribution is 7.92. The molecule has 12 heteroatoms. The van der Waals surface area contributed by atoms with Crippen LogP contribution >= 0.6 is 11.3 Å². The van der Waals surface area contributed by atoms with Crippen LogP contribution in [-0.4, -0.2) is 55.0 Å². The zero-order chi connectivity index (χ0) is 27.6. The monoisotopic (exact) mass is 573 g/mol. The van der Waals surface area contributed by atoms with Gasteiger partial charge in [-0.2, -0.15) is 0 Å². The third kappa shape index (κ3) is 6.47. The van der Waals surface area contributed by atoms with Crippen LogP contribution in [0.2, 0.25) is 0 Å². The predicted molar refractivity (Wildman–Crippen MR) is 140 cm³/mol. The number of hydrogen-bond acceptors (Lipinski definition) is 10. The van der Waals surface area contributed by atoms with Gasteiger partial charge in [-0.3, -0.25) is 0 Å². The molecule has 1 N–H and O–H groups in total.